The molecule has 1 aliphatic rings. The Balaban J connectivity index is 1.77. The number of carbonyl (C=O) groups is 3. The molecule has 25 heavy (non-hydrogen) atoms. The lowest BCUT2D eigenvalue weighted by atomic mass is 10.0. The van der Waals surface area contributed by atoms with Crippen LogP contribution in [0, 0.1) is 13.8 Å². The summed E-state index contributed by atoms with van der Waals surface area (Å²) in [5.74, 6) is -1.12. The van der Waals surface area contributed by atoms with E-state index >= 15 is 0 Å². The first-order chi connectivity index (χ1) is 11.8. The predicted molar refractivity (Wildman–Crippen MR) is 94.1 cm³/mol. The fraction of sp³-hybridized carbons (Fsp3) is 0.526. The van der Waals surface area contributed by atoms with Gasteiger partial charge >= 0.3 is 12.0 Å². The van der Waals surface area contributed by atoms with Crippen molar-refractivity contribution in [2.45, 2.75) is 65.0 Å². The summed E-state index contributed by atoms with van der Waals surface area (Å²) < 4.78 is 5.13. The largest absolute Gasteiger partial charge is 0.452 e. The van der Waals surface area contributed by atoms with Gasteiger partial charge in [0.05, 0.1) is 6.42 Å². The number of ether oxygens (including phenoxy) is 1. The molecule has 0 saturated heterocycles. The average molecular weight is 346 g/mol. The molecule has 136 valence electrons. The highest BCUT2D eigenvalue weighted by molar-refractivity contribution is 5.97. The summed E-state index contributed by atoms with van der Waals surface area (Å²) in [7, 11) is 0. The van der Waals surface area contributed by atoms with E-state index in [4.69, 9.17) is 4.74 Å². The van der Waals surface area contributed by atoms with Gasteiger partial charge in [-0.05, 0) is 50.3 Å². The maximum absolute atomic E-state index is 12.0. The highest BCUT2D eigenvalue weighted by Gasteiger charge is 2.22. The Morgan fingerprint density at radius 2 is 1.84 bits per heavy atom. The zero-order valence-corrected chi connectivity index (χ0v) is 15.1. The van der Waals surface area contributed by atoms with Crippen molar-refractivity contribution in [2.75, 3.05) is 0 Å². The third-order valence-corrected chi connectivity index (χ3v) is 4.52. The van der Waals surface area contributed by atoms with Crippen molar-refractivity contribution in [3.8, 4) is 0 Å². The van der Waals surface area contributed by atoms with Crippen molar-refractivity contribution in [3.63, 3.8) is 0 Å². The van der Waals surface area contributed by atoms with Crippen molar-refractivity contribution in [2.24, 2.45) is 0 Å². The van der Waals surface area contributed by atoms with E-state index in [1.807, 2.05) is 32.0 Å². The van der Waals surface area contributed by atoms with E-state index in [2.05, 4.69) is 10.6 Å². The van der Waals surface area contributed by atoms with E-state index in [1.165, 1.54) is 6.92 Å². The van der Waals surface area contributed by atoms with E-state index in [0.717, 1.165) is 42.4 Å². The number of urea groups is 1. The fourth-order valence-electron chi connectivity index (χ4n) is 2.88. The van der Waals surface area contributed by atoms with E-state index in [-0.39, 0.29) is 12.5 Å². The van der Waals surface area contributed by atoms with Crippen LogP contribution in [-0.4, -0.2) is 30.1 Å². The van der Waals surface area contributed by atoms with Gasteiger partial charge in [0.1, 0.15) is 0 Å². The summed E-state index contributed by atoms with van der Waals surface area (Å²) in [5, 5.41) is 4.98. The second-order valence-electron chi connectivity index (χ2n) is 6.67. The molecule has 0 heterocycles. The summed E-state index contributed by atoms with van der Waals surface area (Å²) in [6.07, 6.45) is 3.11. The zero-order chi connectivity index (χ0) is 18.4. The van der Waals surface area contributed by atoms with Crippen molar-refractivity contribution in [1.82, 2.24) is 10.6 Å². The first kappa shape index (κ1) is 19.0. The molecule has 2 N–H and O–H groups in total. The van der Waals surface area contributed by atoms with Gasteiger partial charge in [-0.1, -0.05) is 31.0 Å². The number of rotatable bonds is 5. The Hall–Kier alpha value is -2.37. The summed E-state index contributed by atoms with van der Waals surface area (Å²) in [5.41, 5.74) is 3.08. The highest BCUT2D eigenvalue weighted by atomic mass is 16.5. The summed E-state index contributed by atoms with van der Waals surface area (Å²) in [6.45, 7) is 5.43. The predicted octanol–water partition coefficient (Wildman–Crippen LogP) is 2.55. The van der Waals surface area contributed by atoms with Crippen molar-refractivity contribution in [1.29, 1.82) is 0 Å². The number of hydrogen-bond donors (Lipinski definition) is 2. The van der Waals surface area contributed by atoms with Gasteiger partial charge in [0.15, 0.2) is 6.10 Å². The van der Waals surface area contributed by atoms with Crippen LogP contribution in [0.5, 0.6) is 0 Å². The van der Waals surface area contributed by atoms with Crippen LogP contribution in [0.2, 0.25) is 0 Å². The average Bonchev–Trinajstić information content (AvgIpc) is 3.03. The number of carbonyl (C=O) groups excluding carboxylic acids is 3. The van der Waals surface area contributed by atoms with Crippen LogP contribution in [0.15, 0.2) is 18.2 Å². The third kappa shape index (κ3) is 5.89. The number of amides is 3. The SMILES string of the molecule is Cc1ccc(CC(=O)O[C@@H](C)C(=O)NC(=O)NC2CCCC2)cc1C. The molecule has 3 amide bonds. The van der Waals surface area contributed by atoms with Crippen LogP contribution in [0.25, 0.3) is 0 Å². The molecule has 0 aliphatic heterocycles. The second kappa shape index (κ2) is 8.65. The Kier molecular flexibility index (Phi) is 6.56. The molecule has 6 heteroatoms. The lowest BCUT2D eigenvalue weighted by Crippen LogP contribution is -2.47. The lowest BCUT2D eigenvalue weighted by Gasteiger charge is -2.15. The third-order valence-electron chi connectivity index (χ3n) is 4.52. The van der Waals surface area contributed by atoms with Crippen LogP contribution in [0.4, 0.5) is 4.79 Å². The number of nitrogens with one attached hydrogen (secondary N) is 2. The Morgan fingerprint density at radius 1 is 1.16 bits per heavy atom. The second-order valence-corrected chi connectivity index (χ2v) is 6.67. The molecular formula is C19H26N2O4. The van der Waals surface area contributed by atoms with Gasteiger partial charge in [-0.2, -0.15) is 0 Å². The summed E-state index contributed by atoms with van der Waals surface area (Å²) >= 11 is 0. The van der Waals surface area contributed by atoms with Gasteiger partial charge in [-0.25, -0.2) is 4.79 Å². The van der Waals surface area contributed by atoms with Gasteiger partial charge in [0.2, 0.25) is 0 Å². The number of aryl methyl sites for hydroxylation is 2. The van der Waals surface area contributed by atoms with Crippen molar-refractivity contribution >= 4 is 17.9 Å². The molecule has 1 aliphatic carbocycles. The quantitative estimate of drug-likeness (QED) is 0.803. The number of esters is 1. The van der Waals surface area contributed by atoms with Crippen LogP contribution in [0.1, 0.15) is 49.3 Å². The first-order valence-corrected chi connectivity index (χ1v) is 8.72. The summed E-state index contributed by atoms with van der Waals surface area (Å²) in [6, 6.07) is 5.32. The van der Waals surface area contributed by atoms with Gasteiger partial charge in [-0.15, -0.1) is 0 Å². The van der Waals surface area contributed by atoms with E-state index in [1.54, 1.807) is 0 Å². The highest BCUT2D eigenvalue weighted by Crippen LogP contribution is 2.17. The molecule has 2 rings (SSSR count). The molecular weight excluding hydrogens is 320 g/mol. The number of benzene rings is 1. The minimum Gasteiger partial charge on any atom is -0.452 e. The molecule has 0 spiro atoms. The van der Waals surface area contributed by atoms with Crippen LogP contribution in [-0.2, 0) is 20.7 Å². The number of imide groups is 1. The topological polar surface area (TPSA) is 84.5 Å². The molecule has 1 saturated carbocycles. The maximum Gasteiger partial charge on any atom is 0.321 e. The van der Waals surface area contributed by atoms with Gasteiger partial charge in [0, 0.05) is 6.04 Å². The van der Waals surface area contributed by atoms with E-state index < -0.39 is 24.0 Å². The van der Waals surface area contributed by atoms with Crippen LogP contribution < -0.4 is 10.6 Å². The normalized spacial score (nSPS) is 15.5. The molecule has 0 unspecified atom stereocenters. The molecule has 0 radical (unpaired) electrons. The minimum atomic E-state index is -1.02. The molecule has 0 bridgehead atoms. The molecule has 1 fully saturated rings. The molecule has 1 aromatic carbocycles. The Morgan fingerprint density at radius 3 is 2.48 bits per heavy atom. The maximum atomic E-state index is 12.0. The van der Waals surface area contributed by atoms with Gasteiger partial charge < -0.3 is 10.1 Å². The standard InChI is InChI=1S/C19H26N2O4/c1-12-8-9-15(10-13(12)2)11-17(22)25-14(3)18(23)21-19(24)20-16-6-4-5-7-16/h8-10,14,16H,4-7,11H2,1-3H3,(H2,20,21,23,24)/t14-/m0/s1. The van der Waals surface area contributed by atoms with Gasteiger partial charge in [0.25, 0.3) is 5.91 Å². The smallest absolute Gasteiger partial charge is 0.321 e. The lowest BCUT2D eigenvalue weighted by molar-refractivity contribution is -0.153. The monoisotopic (exact) mass is 346 g/mol. The van der Waals surface area contributed by atoms with E-state index in [0.29, 0.717) is 0 Å². The first-order valence-electron chi connectivity index (χ1n) is 8.72. The van der Waals surface area contributed by atoms with E-state index in [9.17, 15) is 14.4 Å². The van der Waals surface area contributed by atoms with Crippen LogP contribution in [0.3, 0.4) is 0 Å². The van der Waals surface area contributed by atoms with Crippen LogP contribution >= 0.6 is 0 Å². The van der Waals surface area contributed by atoms with Crippen molar-refractivity contribution in [3.05, 3.63) is 34.9 Å². The minimum absolute atomic E-state index is 0.0903. The van der Waals surface area contributed by atoms with Gasteiger partial charge in [-0.3, -0.25) is 14.9 Å². The molecule has 6 nitrogen and oxygen atoms in total. The Bertz CT molecular complexity index is 651. The molecule has 1 atom stereocenters. The summed E-state index contributed by atoms with van der Waals surface area (Å²) in [4.78, 5) is 35.7. The number of hydrogen-bond acceptors (Lipinski definition) is 4. The molecule has 0 aromatic heterocycles. The molecule has 1 aromatic rings. The zero-order valence-electron chi connectivity index (χ0n) is 15.1. The Labute approximate surface area is 148 Å². The fourth-order valence-corrected chi connectivity index (χ4v) is 2.88. The van der Waals surface area contributed by atoms with Crippen molar-refractivity contribution < 1.29 is 19.1 Å².